The maximum atomic E-state index is 6.03. The summed E-state index contributed by atoms with van der Waals surface area (Å²) in [6.07, 6.45) is 1.12. The van der Waals surface area contributed by atoms with Crippen LogP contribution in [0, 0.1) is 6.07 Å². The number of hydrogen-bond donors (Lipinski definition) is 1. The molecule has 1 atom stereocenters. The second-order valence-corrected chi connectivity index (χ2v) is 7.42. The molecule has 0 unspecified atom stereocenters. The Morgan fingerprint density at radius 3 is 3.13 bits per heavy atom. The second kappa shape index (κ2) is 6.85. The van der Waals surface area contributed by atoms with Gasteiger partial charge in [0.2, 0.25) is 0 Å². The monoisotopic (exact) mass is 348 g/mol. The number of halogens is 1. The van der Waals surface area contributed by atoms with E-state index in [1.54, 1.807) is 6.07 Å². The largest absolute Gasteiger partial charge is 0.379 e. The molecule has 1 saturated heterocycles. The summed E-state index contributed by atoms with van der Waals surface area (Å²) in [6, 6.07) is 9.46. The summed E-state index contributed by atoms with van der Waals surface area (Å²) in [4.78, 5) is 10.8. The van der Waals surface area contributed by atoms with Crippen molar-refractivity contribution in [1.82, 2.24) is 9.88 Å². The fourth-order valence-corrected chi connectivity index (χ4v) is 4.27. The first-order valence-electron chi connectivity index (χ1n) is 7.99. The highest BCUT2D eigenvalue weighted by atomic mass is 35.5. The number of rotatable bonds is 4. The van der Waals surface area contributed by atoms with E-state index in [9.17, 15) is 0 Å². The molecule has 23 heavy (non-hydrogen) atoms. The maximum absolute atomic E-state index is 6.03. The first kappa shape index (κ1) is 15.5. The molecule has 1 N–H and O–H groups in total. The highest BCUT2D eigenvalue weighted by Crippen LogP contribution is 2.28. The summed E-state index contributed by atoms with van der Waals surface area (Å²) in [5, 5.41) is 2.91. The Morgan fingerprint density at radius 2 is 2.26 bits per heavy atom. The van der Waals surface area contributed by atoms with Crippen molar-refractivity contribution < 1.29 is 4.74 Å². The van der Waals surface area contributed by atoms with Gasteiger partial charge in [0.15, 0.2) is 0 Å². The summed E-state index contributed by atoms with van der Waals surface area (Å²) < 4.78 is 5.39. The van der Waals surface area contributed by atoms with Crippen molar-refractivity contribution in [3.63, 3.8) is 0 Å². The predicted molar refractivity (Wildman–Crippen MR) is 96.8 cm³/mol. The van der Waals surface area contributed by atoms with Gasteiger partial charge < -0.3 is 9.72 Å². The molecule has 0 aliphatic carbocycles. The molecule has 1 fully saturated rings. The van der Waals surface area contributed by atoms with Crippen molar-refractivity contribution in [3.05, 3.63) is 35.0 Å². The van der Waals surface area contributed by atoms with Gasteiger partial charge in [0, 0.05) is 41.9 Å². The lowest BCUT2D eigenvalue weighted by atomic mass is 10.2. The van der Waals surface area contributed by atoms with Gasteiger partial charge in [-0.15, -0.1) is 11.8 Å². The van der Waals surface area contributed by atoms with Gasteiger partial charge in [0.05, 0.1) is 30.5 Å². The van der Waals surface area contributed by atoms with E-state index in [0.29, 0.717) is 11.1 Å². The quantitative estimate of drug-likeness (QED) is 0.922. The molecule has 1 aromatic carbocycles. The smallest absolute Gasteiger partial charge is 0.114 e. The lowest BCUT2D eigenvalue weighted by Gasteiger charge is -2.26. The number of morpholine rings is 1. The summed E-state index contributed by atoms with van der Waals surface area (Å²) in [5.41, 5.74) is 2.07. The van der Waals surface area contributed by atoms with Crippen LogP contribution in [0.4, 0.5) is 0 Å². The van der Waals surface area contributed by atoms with E-state index < -0.39 is 0 Å². The van der Waals surface area contributed by atoms with E-state index in [2.05, 4.69) is 22.0 Å². The molecule has 2 aliphatic heterocycles. The van der Waals surface area contributed by atoms with Crippen molar-refractivity contribution in [2.24, 2.45) is 4.99 Å². The fraction of sp³-hybridized carbons (Fsp3) is 0.471. The summed E-state index contributed by atoms with van der Waals surface area (Å²) >= 11 is 7.87. The molecule has 3 heterocycles. The molecule has 2 aromatic rings. The van der Waals surface area contributed by atoms with Crippen LogP contribution in [0.3, 0.4) is 0 Å². The van der Waals surface area contributed by atoms with Gasteiger partial charge in [-0.2, -0.15) is 0 Å². The van der Waals surface area contributed by atoms with Gasteiger partial charge in [0.25, 0.3) is 0 Å². The molecule has 0 amide bonds. The standard InChI is InChI=1S/C17H19ClN3OS/c18-13-1-2-15-12(9-13)10-16(20-15)17-19-14(11-23-17)3-4-21-5-7-22-8-6-21/h1,9-10,14,20H,3-8,11H2/t14-/m0/s1. The van der Waals surface area contributed by atoms with E-state index >= 15 is 0 Å². The van der Waals surface area contributed by atoms with Gasteiger partial charge in [-0.25, -0.2) is 0 Å². The number of H-pyrrole nitrogens is 1. The van der Waals surface area contributed by atoms with Crippen LogP contribution in [-0.2, 0) is 4.74 Å². The second-order valence-electron chi connectivity index (χ2n) is 5.97. The van der Waals surface area contributed by atoms with Crippen LogP contribution in [0.1, 0.15) is 12.1 Å². The van der Waals surface area contributed by atoms with Crippen molar-refractivity contribution in [2.45, 2.75) is 12.5 Å². The van der Waals surface area contributed by atoms with Crippen LogP contribution >= 0.6 is 23.4 Å². The summed E-state index contributed by atoms with van der Waals surface area (Å²) in [6.45, 7) is 4.94. The Kier molecular flexibility index (Phi) is 4.62. The summed E-state index contributed by atoms with van der Waals surface area (Å²) in [5.74, 6) is 1.07. The normalized spacial score (nSPS) is 22.7. The molecule has 0 spiro atoms. The molecule has 4 nitrogen and oxygen atoms in total. The Morgan fingerprint density at radius 1 is 1.39 bits per heavy atom. The molecule has 0 saturated carbocycles. The Bertz CT molecular complexity index is 724. The molecule has 121 valence electrons. The van der Waals surface area contributed by atoms with E-state index in [1.807, 2.05) is 17.8 Å². The number of ether oxygens (including phenoxy) is 1. The zero-order valence-corrected chi connectivity index (χ0v) is 14.4. The van der Waals surface area contributed by atoms with Crippen LogP contribution in [0.5, 0.6) is 0 Å². The summed E-state index contributed by atoms with van der Waals surface area (Å²) in [7, 11) is 0. The lowest BCUT2D eigenvalue weighted by Crippen LogP contribution is -2.37. The first-order chi connectivity index (χ1) is 11.3. The number of nitrogens with one attached hydrogen (secondary N) is 1. The molecule has 1 aromatic heterocycles. The fourth-order valence-electron chi connectivity index (χ4n) is 3.02. The van der Waals surface area contributed by atoms with Gasteiger partial charge in [0.1, 0.15) is 5.04 Å². The third kappa shape index (κ3) is 3.58. The number of hydrogen-bond acceptors (Lipinski definition) is 4. The highest BCUT2D eigenvalue weighted by Gasteiger charge is 2.22. The number of fused-ring (bicyclic) bond motifs is 1. The number of nitrogens with zero attached hydrogens (tertiary/aromatic N) is 2. The van der Waals surface area contributed by atoms with Crippen LogP contribution in [0.25, 0.3) is 10.9 Å². The number of aromatic nitrogens is 1. The minimum Gasteiger partial charge on any atom is -0.379 e. The van der Waals surface area contributed by atoms with Gasteiger partial charge in [-0.05, 0) is 24.6 Å². The SMILES string of the molecule is Clc1c[c]c2[nH]c(C3=N[C@@H](CCN4CCOCC4)CS3)cc2c1. The van der Waals surface area contributed by atoms with Crippen LogP contribution in [-0.4, -0.2) is 59.6 Å². The average Bonchev–Trinajstić information content (AvgIpc) is 3.20. The minimum absolute atomic E-state index is 0.414. The lowest BCUT2D eigenvalue weighted by molar-refractivity contribution is 0.0369. The maximum Gasteiger partial charge on any atom is 0.114 e. The zero-order chi connectivity index (χ0) is 15.6. The predicted octanol–water partition coefficient (Wildman–Crippen LogP) is 3.21. The molecule has 0 bridgehead atoms. The van der Waals surface area contributed by atoms with Crippen molar-refractivity contribution in [3.8, 4) is 0 Å². The molecule has 2 aliphatic rings. The van der Waals surface area contributed by atoms with Gasteiger partial charge in [-0.3, -0.25) is 9.89 Å². The van der Waals surface area contributed by atoms with Crippen LogP contribution < -0.4 is 0 Å². The van der Waals surface area contributed by atoms with E-state index in [0.717, 1.165) is 66.7 Å². The Balaban J connectivity index is 1.42. The number of thioether (sulfide) groups is 1. The van der Waals surface area contributed by atoms with Crippen LogP contribution in [0.2, 0.25) is 5.02 Å². The topological polar surface area (TPSA) is 40.6 Å². The van der Waals surface area contributed by atoms with E-state index in [1.165, 1.54) is 0 Å². The molecular formula is C17H19ClN3OS. The molecule has 4 rings (SSSR count). The minimum atomic E-state index is 0.414. The third-order valence-electron chi connectivity index (χ3n) is 4.32. The Labute approximate surface area is 145 Å². The van der Waals surface area contributed by atoms with Crippen molar-refractivity contribution in [1.29, 1.82) is 0 Å². The van der Waals surface area contributed by atoms with Gasteiger partial charge >= 0.3 is 0 Å². The molecular weight excluding hydrogens is 330 g/mol. The van der Waals surface area contributed by atoms with E-state index in [-0.39, 0.29) is 0 Å². The number of aromatic amines is 1. The average molecular weight is 349 g/mol. The van der Waals surface area contributed by atoms with Crippen LogP contribution in [0.15, 0.2) is 23.2 Å². The van der Waals surface area contributed by atoms with Gasteiger partial charge in [-0.1, -0.05) is 11.6 Å². The first-order valence-corrected chi connectivity index (χ1v) is 9.35. The zero-order valence-electron chi connectivity index (χ0n) is 12.8. The number of benzene rings is 1. The number of aliphatic imine (C=N–C) groups is 1. The third-order valence-corrected chi connectivity index (χ3v) is 5.69. The highest BCUT2D eigenvalue weighted by molar-refractivity contribution is 8.14. The Hall–Kier alpha value is -1.01. The van der Waals surface area contributed by atoms with Crippen molar-refractivity contribution in [2.75, 3.05) is 38.6 Å². The molecule has 6 heteroatoms. The van der Waals surface area contributed by atoms with Crippen molar-refractivity contribution >= 4 is 39.3 Å². The molecule has 1 radical (unpaired) electrons. The van der Waals surface area contributed by atoms with E-state index in [4.69, 9.17) is 21.3 Å².